The molecule has 0 radical (unpaired) electrons. The van der Waals surface area contributed by atoms with Gasteiger partial charge in [0.15, 0.2) is 9.84 Å². The van der Waals surface area contributed by atoms with E-state index in [1.54, 1.807) is 25.1 Å². The maximum Gasteiger partial charge on any atom is 0.172 e. The number of nitrogens with one attached hydrogen (secondary N) is 1. The summed E-state index contributed by atoms with van der Waals surface area (Å²) >= 11 is 11.9. The number of sulfone groups is 1. The van der Waals surface area contributed by atoms with Crippen LogP contribution >= 0.6 is 23.2 Å². The zero-order valence-corrected chi connectivity index (χ0v) is 12.6. The standard InChI is InChI=1S/C12H14Cl2N2O2S/c1-8(12(15)16)7-19(17,18)6-5-9-10(13)3-2-4-11(9)14/h2-6,8H,7H2,1H3,(H3,15,16). The Labute approximate surface area is 122 Å². The van der Waals surface area contributed by atoms with Gasteiger partial charge in [-0.05, 0) is 18.2 Å². The van der Waals surface area contributed by atoms with Crippen LogP contribution in [0.2, 0.25) is 10.0 Å². The van der Waals surface area contributed by atoms with Crippen LogP contribution in [0, 0.1) is 11.3 Å². The van der Waals surface area contributed by atoms with Gasteiger partial charge in [-0.15, -0.1) is 0 Å². The molecule has 0 aliphatic heterocycles. The van der Waals surface area contributed by atoms with Crippen molar-refractivity contribution in [3.63, 3.8) is 0 Å². The molecule has 0 aliphatic carbocycles. The first kappa shape index (κ1) is 16.0. The Morgan fingerprint density at radius 3 is 2.42 bits per heavy atom. The summed E-state index contributed by atoms with van der Waals surface area (Å²) < 4.78 is 23.6. The molecule has 0 fully saturated rings. The lowest BCUT2D eigenvalue weighted by Crippen LogP contribution is -2.25. The van der Waals surface area contributed by atoms with E-state index in [1.807, 2.05) is 0 Å². The van der Waals surface area contributed by atoms with Crippen molar-refractivity contribution in [2.45, 2.75) is 6.92 Å². The summed E-state index contributed by atoms with van der Waals surface area (Å²) in [6.07, 6.45) is 1.35. The zero-order chi connectivity index (χ0) is 14.6. The second kappa shape index (κ2) is 6.41. The molecule has 1 aromatic rings. The summed E-state index contributed by atoms with van der Waals surface area (Å²) in [7, 11) is -3.48. The van der Waals surface area contributed by atoms with Gasteiger partial charge in [-0.25, -0.2) is 8.42 Å². The summed E-state index contributed by atoms with van der Waals surface area (Å²) in [5.74, 6) is -0.912. The molecule has 104 valence electrons. The van der Waals surface area contributed by atoms with Crippen molar-refractivity contribution in [2.75, 3.05) is 5.75 Å². The molecule has 0 saturated heterocycles. The average molecular weight is 321 g/mol. The fourth-order valence-corrected chi connectivity index (χ4v) is 3.19. The van der Waals surface area contributed by atoms with Gasteiger partial charge in [-0.2, -0.15) is 0 Å². The van der Waals surface area contributed by atoms with E-state index in [0.717, 1.165) is 5.41 Å². The number of nitrogens with two attached hydrogens (primary N) is 1. The number of hydrogen-bond donors (Lipinski definition) is 2. The number of amidine groups is 1. The molecule has 0 aromatic heterocycles. The number of rotatable bonds is 5. The van der Waals surface area contributed by atoms with Crippen molar-refractivity contribution in [3.05, 3.63) is 39.2 Å². The highest BCUT2D eigenvalue weighted by molar-refractivity contribution is 7.94. The minimum absolute atomic E-state index is 0.159. The maximum absolute atomic E-state index is 11.8. The molecular formula is C12H14Cl2N2O2S. The zero-order valence-electron chi connectivity index (χ0n) is 10.2. The van der Waals surface area contributed by atoms with Crippen LogP contribution in [0.25, 0.3) is 6.08 Å². The normalized spacial score (nSPS) is 13.6. The lowest BCUT2D eigenvalue weighted by Gasteiger charge is -2.07. The van der Waals surface area contributed by atoms with Crippen LogP contribution in [0.4, 0.5) is 0 Å². The highest BCUT2D eigenvalue weighted by atomic mass is 35.5. The minimum atomic E-state index is -3.48. The number of benzene rings is 1. The Morgan fingerprint density at radius 2 is 1.95 bits per heavy atom. The van der Waals surface area contributed by atoms with Gasteiger partial charge in [0.2, 0.25) is 0 Å². The van der Waals surface area contributed by atoms with Gasteiger partial charge in [-0.1, -0.05) is 36.2 Å². The summed E-state index contributed by atoms with van der Waals surface area (Å²) in [6, 6.07) is 4.92. The van der Waals surface area contributed by atoms with Crippen LogP contribution in [0.1, 0.15) is 12.5 Å². The van der Waals surface area contributed by atoms with Crippen molar-refractivity contribution >= 4 is 45.0 Å². The Hall–Kier alpha value is -1.04. The van der Waals surface area contributed by atoms with Gasteiger partial charge in [0.05, 0.1) is 11.6 Å². The second-order valence-corrected chi connectivity index (χ2v) is 6.87. The largest absolute Gasteiger partial charge is 0.387 e. The molecule has 0 amide bonds. The number of hydrogen-bond acceptors (Lipinski definition) is 3. The van der Waals surface area contributed by atoms with Gasteiger partial charge in [0.1, 0.15) is 0 Å². The van der Waals surface area contributed by atoms with E-state index in [1.165, 1.54) is 6.08 Å². The number of halogens is 2. The van der Waals surface area contributed by atoms with Gasteiger partial charge >= 0.3 is 0 Å². The Kier molecular flexibility index (Phi) is 5.40. The molecule has 0 aliphatic rings. The van der Waals surface area contributed by atoms with Crippen LogP contribution < -0.4 is 5.73 Å². The monoisotopic (exact) mass is 320 g/mol. The predicted molar refractivity (Wildman–Crippen MR) is 80.4 cm³/mol. The molecular weight excluding hydrogens is 307 g/mol. The van der Waals surface area contributed by atoms with Gasteiger partial charge in [0, 0.05) is 26.9 Å². The lowest BCUT2D eigenvalue weighted by molar-refractivity contribution is 0.599. The molecule has 0 saturated carbocycles. The smallest absolute Gasteiger partial charge is 0.172 e. The third-order valence-electron chi connectivity index (χ3n) is 2.45. The molecule has 4 nitrogen and oxygen atoms in total. The van der Waals surface area contributed by atoms with Crippen LogP contribution in [0.5, 0.6) is 0 Å². The maximum atomic E-state index is 11.8. The fourth-order valence-electron chi connectivity index (χ4n) is 1.34. The second-order valence-electron chi connectivity index (χ2n) is 4.12. The van der Waals surface area contributed by atoms with E-state index < -0.39 is 15.8 Å². The summed E-state index contributed by atoms with van der Waals surface area (Å²) in [6.45, 7) is 1.58. The van der Waals surface area contributed by atoms with Crippen LogP contribution in [0.15, 0.2) is 23.6 Å². The third kappa shape index (κ3) is 4.86. The minimum Gasteiger partial charge on any atom is -0.387 e. The fraction of sp³-hybridized carbons (Fsp3) is 0.250. The predicted octanol–water partition coefficient (Wildman–Crippen LogP) is 2.95. The molecule has 1 atom stereocenters. The first-order valence-electron chi connectivity index (χ1n) is 5.41. The van der Waals surface area contributed by atoms with Crippen molar-refractivity contribution in [1.82, 2.24) is 0 Å². The van der Waals surface area contributed by atoms with E-state index >= 15 is 0 Å². The lowest BCUT2D eigenvalue weighted by atomic mass is 10.2. The van der Waals surface area contributed by atoms with Crippen LogP contribution in [0.3, 0.4) is 0 Å². The highest BCUT2D eigenvalue weighted by Gasteiger charge is 2.15. The Balaban J connectivity index is 2.95. The van der Waals surface area contributed by atoms with Gasteiger partial charge < -0.3 is 5.73 Å². The third-order valence-corrected chi connectivity index (χ3v) is 4.63. The SMILES string of the molecule is CC(CS(=O)(=O)C=Cc1c(Cl)cccc1Cl)C(=N)N. The quantitative estimate of drug-likeness (QED) is 0.646. The topological polar surface area (TPSA) is 84.0 Å². The van der Waals surface area contributed by atoms with E-state index in [0.29, 0.717) is 15.6 Å². The average Bonchev–Trinajstić information content (AvgIpc) is 2.27. The summed E-state index contributed by atoms with van der Waals surface area (Å²) in [5, 5.41) is 8.98. The van der Waals surface area contributed by atoms with E-state index in [4.69, 9.17) is 34.3 Å². The van der Waals surface area contributed by atoms with Crippen molar-refractivity contribution in [2.24, 2.45) is 11.7 Å². The van der Waals surface area contributed by atoms with Crippen LogP contribution in [-0.4, -0.2) is 20.0 Å². The van der Waals surface area contributed by atoms with E-state index in [2.05, 4.69) is 0 Å². The molecule has 0 heterocycles. The first-order chi connectivity index (χ1) is 8.73. The van der Waals surface area contributed by atoms with Crippen molar-refractivity contribution < 1.29 is 8.42 Å². The van der Waals surface area contributed by atoms with Crippen molar-refractivity contribution in [1.29, 1.82) is 5.41 Å². The molecule has 0 bridgehead atoms. The Bertz CT molecular complexity index is 592. The van der Waals surface area contributed by atoms with E-state index in [9.17, 15) is 8.42 Å². The first-order valence-corrected chi connectivity index (χ1v) is 7.89. The molecule has 1 aromatic carbocycles. The molecule has 1 rings (SSSR count). The van der Waals surface area contributed by atoms with Crippen molar-refractivity contribution in [3.8, 4) is 0 Å². The molecule has 3 N–H and O–H groups in total. The molecule has 19 heavy (non-hydrogen) atoms. The molecule has 7 heteroatoms. The summed E-state index contributed by atoms with van der Waals surface area (Å²) in [4.78, 5) is 0. The van der Waals surface area contributed by atoms with Crippen LogP contribution in [-0.2, 0) is 9.84 Å². The van der Waals surface area contributed by atoms with Gasteiger partial charge in [-0.3, -0.25) is 5.41 Å². The van der Waals surface area contributed by atoms with Gasteiger partial charge in [0.25, 0.3) is 0 Å². The molecule has 1 unspecified atom stereocenters. The highest BCUT2D eigenvalue weighted by Crippen LogP contribution is 2.25. The Morgan fingerprint density at radius 1 is 1.42 bits per heavy atom. The van der Waals surface area contributed by atoms with E-state index in [-0.39, 0.29) is 11.6 Å². The summed E-state index contributed by atoms with van der Waals surface area (Å²) in [5.41, 5.74) is 5.70. The molecule has 0 spiro atoms.